The first kappa shape index (κ1) is 15.7. The Balaban J connectivity index is 1.98. The fourth-order valence-electron chi connectivity index (χ4n) is 2.57. The lowest BCUT2D eigenvalue weighted by molar-refractivity contribution is 0.0658. The van der Waals surface area contributed by atoms with E-state index >= 15 is 0 Å². The molecule has 1 aliphatic heterocycles. The topological polar surface area (TPSA) is 68.2 Å². The average molecular weight is 324 g/mol. The summed E-state index contributed by atoms with van der Waals surface area (Å²) in [6.07, 6.45) is 0. The molecule has 0 aromatic heterocycles. The van der Waals surface area contributed by atoms with Gasteiger partial charge in [0.1, 0.15) is 11.5 Å². The lowest BCUT2D eigenvalue weighted by atomic mass is 10.1. The molecule has 0 saturated heterocycles. The predicted molar refractivity (Wildman–Crippen MR) is 88.7 cm³/mol. The number of benzene rings is 2. The molecule has 0 spiro atoms. The number of hydrazone groups is 1. The van der Waals surface area contributed by atoms with E-state index in [1.54, 1.807) is 56.5 Å². The van der Waals surface area contributed by atoms with Gasteiger partial charge in [-0.1, -0.05) is 12.1 Å². The number of amides is 2. The Morgan fingerprint density at radius 1 is 0.958 bits per heavy atom. The lowest BCUT2D eigenvalue weighted by Crippen LogP contribution is -2.25. The number of imide groups is 1. The Bertz CT molecular complexity index is 823. The molecule has 0 aliphatic carbocycles. The van der Waals surface area contributed by atoms with Crippen LogP contribution in [0.4, 0.5) is 0 Å². The van der Waals surface area contributed by atoms with E-state index < -0.39 is 11.8 Å². The van der Waals surface area contributed by atoms with Crippen molar-refractivity contribution in [2.75, 3.05) is 14.2 Å². The second-order valence-corrected chi connectivity index (χ2v) is 5.22. The highest BCUT2D eigenvalue weighted by Crippen LogP contribution is 2.27. The van der Waals surface area contributed by atoms with Crippen LogP contribution in [-0.2, 0) is 0 Å². The van der Waals surface area contributed by atoms with E-state index in [0.717, 1.165) is 5.01 Å². The van der Waals surface area contributed by atoms with Crippen LogP contribution in [0, 0.1) is 0 Å². The standard InChI is InChI=1S/C18H16N2O4/c1-11(13-9-8-12(23-2)10-16(13)24-3)19-20-17(21)14-6-4-5-7-15(14)18(20)22/h4-10H,1-3H3. The van der Waals surface area contributed by atoms with Crippen LogP contribution in [0.15, 0.2) is 47.6 Å². The fourth-order valence-corrected chi connectivity index (χ4v) is 2.57. The van der Waals surface area contributed by atoms with Gasteiger partial charge >= 0.3 is 0 Å². The van der Waals surface area contributed by atoms with E-state index in [1.165, 1.54) is 7.11 Å². The van der Waals surface area contributed by atoms with Crippen molar-refractivity contribution in [1.29, 1.82) is 0 Å². The maximum absolute atomic E-state index is 12.4. The smallest absolute Gasteiger partial charge is 0.282 e. The fraction of sp³-hybridized carbons (Fsp3) is 0.167. The summed E-state index contributed by atoms with van der Waals surface area (Å²) in [5.41, 5.74) is 1.89. The van der Waals surface area contributed by atoms with Crippen molar-refractivity contribution in [1.82, 2.24) is 5.01 Å². The summed E-state index contributed by atoms with van der Waals surface area (Å²) in [4.78, 5) is 24.8. The molecule has 0 radical (unpaired) electrons. The van der Waals surface area contributed by atoms with Gasteiger partial charge in [-0.15, -0.1) is 0 Å². The van der Waals surface area contributed by atoms with Crippen LogP contribution in [-0.4, -0.2) is 36.8 Å². The molecular formula is C18H16N2O4. The molecule has 2 aromatic rings. The second-order valence-electron chi connectivity index (χ2n) is 5.22. The summed E-state index contributed by atoms with van der Waals surface area (Å²) >= 11 is 0. The van der Waals surface area contributed by atoms with Crippen LogP contribution < -0.4 is 9.47 Å². The number of rotatable bonds is 4. The third-order valence-electron chi connectivity index (χ3n) is 3.82. The molecule has 3 rings (SSSR count). The molecule has 0 fully saturated rings. The summed E-state index contributed by atoms with van der Waals surface area (Å²) in [7, 11) is 3.10. The molecule has 0 unspecified atom stereocenters. The molecule has 122 valence electrons. The van der Waals surface area contributed by atoms with Gasteiger partial charge in [0.15, 0.2) is 0 Å². The molecule has 6 nitrogen and oxygen atoms in total. The minimum Gasteiger partial charge on any atom is -0.497 e. The molecule has 0 atom stereocenters. The minimum atomic E-state index is -0.428. The summed E-state index contributed by atoms with van der Waals surface area (Å²) in [6.45, 7) is 1.72. The zero-order chi connectivity index (χ0) is 17.3. The van der Waals surface area contributed by atoms with Gasteiger partial charge in [-0.2, -0.15) is 10.1 Å². The molecule has 24 heavy (non-hydrogen) atoms. The van der Waals surface area contributed by atoms with Crippen molar-refractivity contribution >= 4 is 17.5 Å². The van der Waals surface area contributed by atoms with Crippen molar-refractivity contribution in [3.05, 3.63) is 59.2 Å². The van der Waals surface area contributed by atoms with E-state index in [4.69, 9.17) is 9.47 Å². The molecular weight excluding hydrogens is 308 g/mol. The van der Waals surface area contributed by atoms with Crippen molar-refractivity contribution in [2.24, 2.45) is 5.10 Å². The first-order chi connectivity index (χ1) is 11.6. The first-order valence-electron chi connectivity index (χ1n) is 7.32. The maximum Gasteiger partial charge on any atom is 0.282 e. The minimum absolute atomic E-state index is 0.362. The zero-order valence-corrected chi connectivity index (χ0v) is 13.6. The van der Waals surface area contributed by atoms with Crippen LogP contribution in [0.2, 0.25) is 0 Å². The number of carbonyl (C=O) groups is 2. The van der Waals surface area contributed by atoms with Gasteiger partial charge in [0.25, 0.3) is 11.8 Å². The van der Waals surface area contributed by atoms with Gasteiger partial charge in [-0.25, -0.2) is 0 Å². The molecule has 2 aromatic carbocycles. The number of methoxy groups -OCH3 is 2. The molecule has 1 heterocycles. The number of hydrogen-bond acceptors (Lipinski definition) is 5. The van der Waals surface area contributed by atoms with Crippen LogP contribution in [0.1, 0.15) is 33.2 Å². The SMILES string of the molecule is COc1ccc(C(C)=NN2C(=O)c3ccccc3C2=O)c(OC)c1. The van der Waals surface area contributed by atoms with Crippen molar-refractivity contribution in [2.45, 2.75) is 6.92 Å². The van der Waals surface area contributed by atoms with Crippen LogP contribution in [0.25, 0.3) is 0 Å². The van der Waals surface area contributed by atoms with Crippen LogP contribution >= 0.6 is 0 Å². The summed E-state index contributed by atoms with van der Waals surface area (Å²) in [6, 6.07) is 11.9. The summed E-state index contributed by atoms with van der Waals surface area (Å²) in [5.74, 6) is 0.334. The Morgan fingerprint density at radius 3 is 2.12 bits per heavy atom. The van der Waals surface area contributed by atoms with Crippen LogP contribution in [0.5, 0.6) is 11.5 Å². The third-order valence-corrected chi connectivity index (χ3v) is 3.82. The second kappa shape index (κ2) is 6.16. The molecule has 2 amide bonds. The van der Waals surface area contributed by atoms with E-state index in [0.29, 0.717) is 33.9 Å². The number of ether oxygens (including phenoxy) is 2. The zero-order valence-electron chi connectivity index (χ0n) is 13.6. The Hall–Kier alpha value is -3.15. The largest absolute Gasteiger partial charge is 0.497 e. The molecule has 0 N–H and O–H groups in total. The summed E-state index contributed by atoms with van der Waals surface area (Å²) in [5, 5.41) is 5.11. The number of hydrogen-bond donors (Lipinski definition) is 0. The lowest BCUT2D eigenvalue weighted by Gasteiger charge is -2.12. The number of fused-ring (bicyclic) bond motifs is 1. The molecule has 0 saturated carbocycles. The highest BCUT2D eigenvalue weighted by molar-refractivity contribution is 6.21. The Labute approximate surface area is 139 Å². The first-order valence-corrected chi connectivity index (χ1v) is 7.32. The van der Waals surface area contributed by atoms with Crippen molar-refractivity contribution in [3.63, 3.8) is 0 Å². The normalized spacial score (nSPS) is 14.0. The van der Waals surface area contributed by atoms with E-state index in [9.17, 15) is 9.59 Å². The van der Waals surface area contributed by atoms with Gasteiger partial charge in [0, 0.05) is 11.6 Å². The summed E-state index contributed by atoms with van der Waals surface area (Å²) < 4.78 is 10.5. The number of carbonyl (C=O) groups excluding carboxylic acids is 2. The molecule has 0 bridgehead atoms. The number of nitrogens with zero attached hydrogens (tertiary/aromatic N) is 2. The maximum atomic E-state index is 12.4. The quantitative estimate of drug-likeness (QED) is 0.640. The van der Waals surface area contributed by atoms with Gasteiger partial charge < -0.3 is 9.47 Å². The molecule has 1 aliphatic rings. The average Bonchev–Trinajstić information content (AvgIpc) is 2.86. The van der Waals surface area contributed by atoms with E-state index in [2.05, 4.69) is 5.10 Å². The van der Waals surface area contributed by atoms with E-state index in [-0.39, 0.29) is 0 Å². The highest BCUT2D eigenvalue weighted by Gasteiger charge is 2.35. The van der Waals surface area contributed by atoms with Crippen molar-refractivity contribution in [3.8, 4) is 11.5 Å². The third kappa shape index (κ3) is 2.52. The highest BCUT2D eigenvalue weighted by atomic mass is 16.5. The molecule has 6 heteroatoms. The van der Waals surface area contributed by atoms with Gasteiger partial charge in [-0.05, 0) is 31.2 Å². The van der Waals surface area contributed by atoms with Gasteiger partial charge in [0.05, 0.1) is 31.1 Å². The van der Waals surface area contributed by atoms with Gasteiger partial charge in [-0.3, -0.25) is 9.59 Å². The Kier molecular flexibility index (Phi) is 4.04. The predicted octanol–water partition coefficient (Wildman–Crippen LogP) is 2.72. The monoisotopic (exact) mass is 324 g/mol. The van der Waals surface area contributed by atoms with E-state index in [1.807, 2.05) is 0 Å². The van der Waals surface area contributed by atoms with Crippen LogP contribution in [0.3, 0.4) is 0 Å². The van der Waals surface area contributed by atoms with Crippen molar-refractivity contribution < 1.29 is 19.1 Å². The van der Waals surface area contributed by atoms with Gasteiger partial charge in [0.2, 0.25) is 0 Å². The Morgan fingerprint density at radius 2 is 1.58 bits per heavy atom.